The Labute approximate surface area is 183 Å². The van der Waals surface area contributed by atoms with Crippen LogP contribution in [0.4, 0.5) is 0 Å². The van der Waals surface area contributed by atoms with Gasteiger partial charge in [0.15, 0.2) is 5.78 Å². The van der Waals surface area contributed by atoms with Gasteiger partial charge in [0.1, 0.15) is 5.92 Å². The van der Waals surface area contributed by atoms with Gasteiger partial charge in [-0.1, -0.05) is 84.4 Å². The van der Waals surface area contributed by atoms with E-state index in [9.17, 15) is 9.59 Å². The maximum absolute atomic E-state index is 13.1. The molecule has 0 aromatic heterocycles. The van der Waals surface area contributed by atoms with E-state index in [-0.39, 0.29) is 18.3 Å². The molecule has 4 rings (SSSR count). The zero-order valence-corrected chi connectivity index (χ0v) is 17.9. The lowest BCUT2D eigenvalue weighted by atomic mass is 9.73. The van der Waals surface area contributed by atoms with E-state index in [4.69, 9.17) is 4.74 Å². The van der Waals surface area contributed by atoms with Gasteiger partial charge in [-0.25, -0.2) is 0 Å². The van der Waals surface area contributed by atoms with E-state index < -0.39 is 11.9 Å². The summed E-state index contributed by atoms with van der Waals surface area (Å²) < 4.78 is 5.24. The third-order valence-electron chi connectivity index (χ3n) is 5.87. The molecule has 3 heteroatoms. The van der Waals surface area contributed by atoms with Crippen LogP contribution in [0.2, 0.25) is 0 Å². The summed E-state index contributed by atoms with van der Waals surface area (Å²) in [7, 11) is 0. The molecule has 0 saturated carbocycles. The van der Waals surface area contributed by atoms with Crippen molar-refractivity contribution in [3.8, 4) is 11.1 Å². The first-order chi connectivity index (χ1) is 15.1. The zero-order chi connectivity index (χ0) is 21.8. The van der Waals surface area contributed by atoms with E-state index in [0.717, 1.165) is 33.4 Å². The number of ketones is 1. The van der Waals surface area contributed by atoms with Crippen molar-refractivity contribution < 1.29 is 14.3 Å². The third-order valence-corrected chi connectivity index (χ3v) is 5.87. The Hall–Kier alpha value is -3.46. The van der Waals surface area contributed by atoms with E-state index >= 15 is 0 Å². The highest BCUT2D eigenvalue weighted by Gasteiger charge is 2.39. The number of allylic oxidation sites excluding steroid dienone is 2. The number of hydrogen-bond acceptors (Lipinski definition) is 3. The number of benzene rings is 3. The molecule has 0 aliphatic heterocycles. The maximum atomic E-state index is 13.1. The Balaban J connectivity index is 1.67. The Morgan fingerprint density at radius 1 is 0.871 bits per heavy atom. The van der Waals surface area contributed by atoms with E-state index in [2.05, 4.69) is 36.4 Å². The summed E-state index contributed by atoms with van der Waals surface area (Å²) in [4.78, 5) is 25.7. The second-order valence-electron chi connectivity index (χ2n) is 7.97. The number of hydrogen-bond donors (Lipinski definition) is 0. The number of rotatable bonds is 5. The summed E-state index contributed by atoms with van der Waals surface area (Å²) in [6.45, 7) is 4.06. The molecule has 3 aromatic rings. The molecule has 0 fully saturated rings. The second kappa shape index (κ2) is 9.13. The molecule has 31 heavy (non-hydrogen) atoms. The van der Waals surface area contributed by atoms with Crippen molar-refractivity contribution in [1.29, 1.82) is 0 Å². The molecule has 1 aliphatic rings. The lowest BCUT2D eigenvalue weighted by molar-refractivity contribution is -0.151. The van der Waals surface area contributed by atoms with Crippen LogP contribution in [0.3, 0.4) is 0 Å². The van der Waals surface area contributed by atoms with Crippen LogP contribution < -0.4 is 0 Å². The van der Waals surface area contributed by atoms with Gasteiger partial charge < -0.3 is 4.74 Å². The first-order valence-electron chi connectivity index (χ1n) is 10.7. The van der Waals surface area contributed by atoms with Gasteiger partial charge in [0, 0.05) is 5.92 Å². The van der Waals surface area contributed by atoms with Crippen LogP contribution in [0.25, 0.3) is 16.7 Å². The smallest absolute Gasteiger partial charge is 0.317 e. The highest BCUT2D eigenvalue weighted by molar-refractivity contribution is 6.10. The van der Waals surface area contributed by atoms with Crippen LogP contribution in [-0.4, -0.2) is 18.4 Å². The van der Waals surface area contributed by atoms with Crippen molar-refractivity contribution in [2.75, 3.05) is 6.61 Å². The monoisotopic (exact) mass is 410 g/mol. The number of aryl methyl sites for hydroxylation is 1. The molecule has 2 atom stereocenters. The molecule has 0 N–H and O–H groups in total. The van der Waals surface area contributed by atoms with Crippen molar-refractivity contribution in [2.45, 2.75) is 26.2 Å². The average Bonchev–Trinajstić information content (AvgIpc) is 2.80. The molecule has 0 amide bonds. The van der Waals surface area contributed by atoms with Gasteiger partial charge in [-0.2, -0.15) is 0 Å². The largest absolute Gasteiger partial charge is 0.465 e. The molecule has 2 unspecified atom stereocenters. The van der Waals surface area contributed by atoms with Gasteiger partial charge in [0.05, 0.1) is 6.61 Å². The fourth-order valence-electron chi connectivity index (χ4n) is 4.22. The Bertz CT molecular complexity index is 1090. The lowest BCUT2D eigenvalue weighted by Gasteiger charge is -2.29. The first-order valence-corrected chi connectivity index (χ1v) is 10.7. The molecule has 0 heterocycles. The minimum absolute atomic E-state index is 0.183. The van der Waals surface area contributed by atoms with E-state index in [1.807, 2.05) is 49.4 Å². The van der Waals surface area contributed by atoms with Crippen LogP contribution in [0.1, 0.15) is 36.0 Å². The molecule has 0 bridgehead atoms. The van der Waals surface area contributed by atoms with Crippen LogP contribution in [0, 0.1) is 12.8 Å². The summed E-state index contributed by atoms with van der Waals surface area (Å²) in [5.74, 6) is -1.65. The lowest BCUT2D eigenvalue weighted by Crippen LogP contribution is -2.34. The normalized spacial score (nSPS) is 18.4. The maximum Gasteiger partial charge on any atom is 0.317 e. The van der Waals surface area contributed by atoms with Gasteiger partial charge in [-0.15, -0.1) is 0 Å². The highest BCUT2D eigenvalue weighted by Crippen LogP contribution is 2.40. The number of carbonyl (C=O) groups is 2. The van der Waals surface area contributed by atoms with Crippen LogP contribution >= 0.6 is 0 Å². The highest BCUT2D eigenvalue weighted by atomic mass is 16.5. The van der Waals surface area contributed by atoms with Crippen LogP contribution in [-0.2, 0) is 14.3 Å². The van der Waals surface area contributed by atoms with Crippen molar-refractivity contribution >= 4 is 17.3 Å². The Morgan fingerprint density at radius 2 is 1.48 bits per heavy atom. The molecule has 0 saturated heterocycles. The summed E-state index contributed by atoms with van der Waals surface area (Å²) in [5.41, 5.74) is 6.38. The van der Waals surface area contributed by atoms with E-state index in [1.54, 1.807) is 13.0 Å². The Morgan fingerprint density at radius 3 is 2.13 bits per heavy atom. The van der Waals surface area contributed by atoms with Gasteiger partial charge >= 0.3 is 5.97 Å². The van der Waals surface area contributed by atoms with Crippen LogP contribution in [0.5, 0.6) is 0 Å². The molecular formula is C28H26O3. The topological polar surface area (TPSA) is 43.4 Å². The van der Waals surface area contributed by atoms with Crippen molar-refractivity contribution in [3.05, 3.63) is 102 Å². The molecule has 3 nitrogen and oxygen atoms in total. The molecule has 1 aliphatic carbocycles. The molecule has 156 valence electrons. The zero-order valence-electron chi connectivity index (χ0n) is 17.9. The summed E-state index contributed by atoms with van der Waals surface area (Å²) >= 11 is 0. The van der Waals surface area contributed by atoms with Gasteiger partial charge in [-0.05, 0) is 54.2 Å². The molecule has 0 spiro atoms. The minimum Gasteiger partial charge on any atom is -0.465 e. The second-order valence-corrected chi connectivity index (χ2v) is 7.97. The fourth-order valence-corrected chi connectivity index (χ4v) is 4.22. The van der Waals surface area contributed by atoms with Crippen molar-refractivity contribution in [3.63, 3.8) is 0 Å². The van der Waals surface area contributed by atoms with Crippen molar-refractivity contribution in [2.24, 2.45) is 5.92 Å². The summed E-state index contributed by atoms with van der Waals surface area (Å²) in [6, 6.07) is 26.5. The van der Waals surface area contributed by atoms with Gasteiger partial charge in [0.2, 0.25) is 0 Å². The Kier molecular flexibility index (Phi) is 6.13. The average molecular weight is 411 g/mol. The number of ether oxygens (including phenoxy) is 1. The third kappa shape index (κ3) is 4.51. The number of esters is 1. The SMILES string of the molecule is CCOC(=O)C1C(=O)C=C(c2ccc(-c3ccccc3)cc2)CC1c1ccc(C)cc1. The predicted octanol–water partition coefficient (Wildman–Crippen LogP) is 5.98. The van der Waals surface area contributed by atoms with Gasteiger partial charge in [0.25, 0.3) is 0 Å². The first kappa shape index (κ1) is 20.8. The minimum atomic E-state index is -0.796. The quantitative estimate of drug-likeness (QED) is 0.384. The van der Waals surface area contributed by atoms with Gasteiger partial charge in [-0.3, -0.25) is 9.59 Å². The molecule has 3 aromatic carbocycles. The summed E-state index contributed by atoms with van der Waals surface area (Å²) in [6.07, 6.45) is 2.24. The van der Waals surface area contributed by atoms with E-state index in [1.165, 1.54) is 0 Å². The van der Waals surface area contributed by atoms with Crippen molar-refractivity contribution in [1.82, 2.24) is 0 Å². The molecule has 0 radical (unpaired) electrons. The predicted molar refractivity (Wildman–Crippen MR) is 124 cm³/mol. The number of carbonyl (C=O) groups excluding carboxylic acids is 2. The fraction of sp³-hybridized carbons (Fsp3) is 0.214. The summed E-state index contributed by atoms with van der Waals surface area (Å²) in [5, 5.41) is 0. The van der Waals surface area contributed by atoms with E-state index in [0.29, 0.717) is 6.42 Å². The van der Waals surface area contributed by atoms with Crippen LogP contribution in [0.15, 0.2) is 84.9 Å². The molecular weight excluding hydrogens is 384 g/mol. The standard InChI is InChI=1S/C28H26O3/c1-3-31-28(30)27-25(23-11-9-19(2)10-12-23)17-24(18-26(27)29)22-15-13-21(14-16-22)20-7-5-4-6-8-20/h4-16,18,25,27H,3,17H2,1-2H3.